The van der Waals surface area contributed by atoms with E-state index in [0.29, 0.717) is 0 Å². The van der Waals surface area contributed by atoms with Crippen LogP contribution in [0.1, 0.15) is 0 Å². The van der Waals surface area contributed by atoms with E-state index in [2.05, 4.69) is 434 Å². The van der Waals surface area contributed by atoms with Crippen molar-refractivity contribution < 1.29 is 0 Å². The summed E-state index contributed by atoms with van der Waals surface area (Å²) >= 11 is 0. The SMILES string of the molecule is c1ccc(-c2ccc3c(c2)c2ccccc2c2c4ccc(-c5cccc6c(-c7cccc8c7c7ccccc7n8-c7ccccc7)cccc56)cc4c4ccccc4c32)cc1.c1ccc(-n2c3ccccc3c3c(-c4ccc(-c5ccc6c(c5)c5ccccc5c5c7ccccc7c7ccccc7c65)c5ccccc45)cccc32)cc1. The molecule has 2 heteroatoms. The van der Waals surface area contributed by atoms with Crippen molar-refractivity contribution in [1.29, 1.82) is 0 Å². The van der Waals surface area contributed by atoms with Crippen molar-refractivity contribution in [3.63, 3.8) is 0 Å². The molecule has 2 heterocycles. The zero-order valence-electron chi connectivity index (χ0n) is 63.3. The molecular weight excluding hydrogens is 1400 g/mol. The van der Waals surface area contributed by atoms with E-state index in [1.165, 1.54) is 240 Å². The second-order valence-electron chi connectivity index (χ2n) is 31.1. The molecule has 0 saturated carbocycles. The largest absolute Gasteiger partial charge is 0.309 e. The van der Waals surface area contributed by atoms with E-state index in [9.17, 15) is 0 Å². The first-order valence-corrected chi connectivity index (χ1v) is 40.3. The smallest absolute Gasteiger partial charge is 0.0547 e. The molecule has 2 nitrogen and oxygen atoms in total. The predicted molar refractivity (Wildman–Crippen MR) is 499 cm³/mol. The van der Waals surface area contributed by atoms with Crippen LogP contribution in [-0.2, 0) is 0 Å². The van der Waals surface area contributed by atoms with Gasteiger partial charge in [-0.15, -0.1) is 0 Å². The number of hydrogen-bond acceptors (Lipinski definition) is 0. The lowest BCUT2D eigenvalue weighted by atomic mass is 9.85. The summed E-state index contributed by atoms with van der Waals surface area (Å²) in [6, 6.07) is 157. The predicted octanol–water partition coefficient (Wildman–Crippen LogP) is 31.7. The van der Waals surface area contributed by atoms with Crippen molar-refractivity contribution in [3.05, 3.63) is 425 Å². The van der Waals surface area contributed by atoms with Gasteiger partial charge in [-0.05, 0) is 252 Å². The van der Waals surface area contributed by atoms with Gasteiger partial charge < -0.3 is 9.13 Å². The molecule has 0 fully saturated rings. The number of para-hydroxylation sites is 4. The molecule has 25 rings (SSSR count). The van der Waals surface area contributed by atoms with Crippen LogP contribution < -0.4 is 0 Å². The highest BCUT2D eigenvalue weighted by Gasteiger charge is 2.24. The molecule has 536 valence electrons. The maximum absolute atomic E-state index is 2.45. The standard InChI is InChI=1S/C60H37N.C54H33N/c1-3-16-38(17-4-1)39-32-34-51-54(36-39)46-20-7-9-22-49(46)60-52-35-33-40(37-55(52)47-21-8-10-23-50(47)59(51)60)42-25-13-27-44-43(42)26-14-28-45(44)48-29-15-31-57-58(48)53-24-11-12-30-56(53)61(57)41-18-5-2-6-19-41;1-2-15-35(16-3-1)55-50-27-13-12-25-48(50)52-43(26-14-28-51(52)55)42-32-31-36(37-17-4-5-18-38(37)42)34-29-30-47-49(33-34)41-21-8-11-24-46(41)53-44-22-9-6-19-39(44)40-20-7-10-23-45(40)54(47)53/h1-37H;1-33H. The van der Waals surface area contributed by atoms with E-state index >= 15 is 0 Å². The van der Waals surface area contributed by atoms with E-state index in [4.69, 9.17) is 0 Å². The Morgan fingerprint density at radius 3 is 0.776 bits per heavy atom. The van der Waals surface area contributed by atoms with Crippen LogP contribution in [0.3, 0.4) is 0 Å². The third kappa shape index (κ3) is 9.91. The number of fused-ring (bicyclic) bond motifs is 30. The zero-order valence-corrected chi connectivity index (χ0v) is 63.3. The first kappa shape index (κ1) is 65.5. The molecule has 116 heavy (non-hydrogen) atoms. The van der Waals surface area contributed by atoms with Gasteiger partial charge >= 0.3 is 0 Å². The van der Waals surface area contributed by atoms with Crippen LogP contribution in [0.2, 0.25) is 0 Å². The highest BCUT2D eigenvalue weighted by molar-refractivity contribution is 6.42. The minimum atomic E-state index is 1.17. The van der Waals surface area contributed by atoms with E-state index in [1.807, 2.05) is 0 Å². The Morgan fingerprint density at radius 1 is 0.112 bits per heavy atom. The fourth-order valence-corrected chi connectivity index (χ4v) is 20.2. The molecule has 0 amide bonds. The summed E-state index contributed by atoms with van der Waals surface area (Å²) in [5.41, 5.74) is 19.6. The van der Waals surface area contributed by atoms with E-state index in [0.717, 1.165) is 0 Å². The molecule has 0 aliphatic heterocycles. The molecule has 0 N–H and O–H groups in total. The molecule has 0 unspecified atom stereocenters. The fourth-order valence-electron chi connectivity index (χ4n) is 20.2. The second kappa shape index (κ2) is 26.2. The average molecular weight is 1470 g/mol. The number of aromatic nitrogens is 2. The summed E-state index contributed by atoms with van der Waals surface area (Å²) in [5.74, 6) is 0. The normalized spacial score (nSPS) is 12.0. The molecule has 0 radical (unpaired) electrons. The first-order valence-electron chi connectivity index (χ1n) is 40.3. The Morgan fingerprint density at radius 2 is 0.362 bits per heavy atom. The van der Waals surface area contributed by atoms with Crippen LogP contribution in [0.15, 0.2) is 425 Å². The average Bonchev–Trinajstić information content (AvgIpc) is 1.17. The first-order chi connectivity index (χ1) is 57.6. The minimum absolute atomic E-state index is 1.17. The van der Waals surface area contributed by atoms with Gasteiger partial charge in [-0.3, -0.25) is 0 Å². The highest BCUT2D eigenvalue weighted by atomic mass is 15.0. The molecule has 0 spiro atoms. The fraction of sp³-hybridized carbons (Fsp3) is 0. The number of rotatable bonds is 7. The molecule has 0 aliphatic rings. The number of hydrogen-bond donors (Lipinski definition) is 0. The molecular formula is C114H70N2. The van der Waals surface area contributed by atoms with Gasteiger partial charge in [0, 0.05) is 32.9 Å². The van der Waals surface area contributed by atoms with Gasteiger partial charge in [0.1, 0.15) is 0 Å². The van der Waals surface area contributed by atoms with Crippen LogP contribution in [0.4, 0.5) is 0 Å². The summed E-state index contributed by atoms with van der Waals surface area (Å²) in [4.78, 5) is 0. The van der Waals surface area contributed by atoms with Gasteiger partial charge in [-0.1, -0.05) is 358 Å². The second-order valence-corrected chi connectivity index (χ2v) is 31.1. The summed E-state index contributed by atoms with van der Waals surface area (Å²) in [7, 11) is 0. The van der Waals surface area contributed by atoms with Crippen molar-refractivity contribution in [3.8, 4) is 67.0 Å². The Balaban J connectivity index is 0.000000134. The molecule has 0 atom stereocenters. The van der Waals surface area contributed by atoms with Crippen molar-refractivity contribution in [2.24, 2.45) is 0 Å². The summed E-state index contributed by atoms with van der Waals surface area (Å²) < 4.78 is 4.81. The molecule has 25 aromatic rings. The van der Waals surface area contributed by atoms with Crippen LogP contribution in [0, 0.1) is 0 Å². The Kier molecular flexibility index (Phi) is 14.8. The maximum Gasteiger partial charge on any atom is 0.0547 e. The summed E-state index contributed by atoms with van der Waals surface area (Å²) in [6.45, 7) is 0. The highest BCUT2D eigenvalue weighted by Crippen LogP contribution is 2.51. The van der Waals surface area contributed by atoms with Gasteiger partial charge in [-0.25, -0.2) is 0 Å². The Labute approximate surface area is 669 Å². The van der Waals surface area contributed by atoms with Gasteiger partial charge in [-0.2, -0.15) is 0 Å². The van der Waals surface area contributed by atoms with E-state index < -0.39 is 0 Å². The van der Waals surface area contributed by atoms with Crippen LogP contribution >= 0.6 is 0 Å². The van der Waals surface area contributed by atoms with Gasteiger partial charge in [0.2, 0.25) is 0 Å². The Bertz CT molecular complexity index is 8440. The van der Waals surface area contributed by atoms with Crippen molar-refractivity contribution in [2.45, 2.75) is 0 Å². The van der Waals surface area contributed by atoms with Gasteiger partial charge in [0.25, 0.3) is 0 Å². The molecule has 0 bridgehead atoms. The van der Waals surface area contributed by atoms with E-state index in [1.54, 1.807) is 0 Å². The zero-order chi connectivity index (χ0) is 76.1. The lowest BCUT2D eigenvalue weighted by Crippen LogP contribution is -1.93. The quantitative estimate of drug-likeness (QED) is 0.141. The third-order valence-corrected chi connectivity index (χ3v) is 25.1. The molecule has 0 saturated heterocycles. The lowest BCUT2D eigenvalue weighted by Gasteiger charge is -2.18. The van der Waals surface area contributed by atoms with Crippen LogP contribution in [0.5, 0.6) is 0 Å². The molecule has 2 aromatic heterocycles. The maximum atomic E-state index is 2.45. The number of benzene rings is 23. The Hall–Kier alpha value is -15.2. The number of nitrogens with zero attached hydrogens (tertiary/aromatic N) is 2. The topological polar surface area (TPSA) is 9.86 Å². The van der Waals surface area contributed by atoms with Crippen LogP contribution in [-0.4, -0.2) is 9.13 Å². The van der Waals surface area contributed by atoms with Gasteiger partial charge in [0.05, 0.1) is 22.1 Å². The molecule has 0 aliphatic carbocycles. The van der Waals surface area contributed by atoms with Gasteiger partial charge in [0.15, 0.2) is 0 Å². The third-order valence-electron chi connectivity index (χ3n) is 25.1. The summed E-state index contributed by atoms with van der Waals surface area (Å²) in [6.07, 6.45) is 0. The van der Waals surface area contributed by atoms with Crippen molar-refractivity contribution >= 4 is 173 Å². The van der Waals surface area contributed by atoms with Crippen molar-refractivity contribution in [1.82, 2.24) is 9.13 Å². The summed E-state index contributed by atoms with van der Waals surface area (Å²) in [5, 5.41) is 36.0. The minimum Gasteiger partial charge on any atom is -0.309 e. The molecule has 23 aromatic carbocycles. The lowest BCUT2D eigenvalue weighted by molar-refractivity contribution is 1.18. The van der Waals surface area contributed by atoms with Crippen molar-refractivity contribution in [2.75, 3.05) is 0 Å². The van der Waals surface area contributed by atoms with Crippen LogP contribution in [0.25, 0.3) is 240 Å². The van der Waals surface area contributed by atoms with E-state index in [-0.39, 0.29) is 0 Å². The monoisotopic (exact) mass is 1470 g/mol.